The monoisotopic (exact) mass is 490 g/mol. The van der Waals surface area contributed by atoms with E-state index < -0.39 is 5.97 Å². The van der Waals surface area contributed by atoms with E-state index in [4.69, 9.17) is 9.47 Å². The zero-order chi connectivity index (χ0) is 26.4. The molecule has 186 valence electrons. The number of allylic oxidation sites excluding steroid dienone is 1. The number of carbonyl (C=O) groups is 2. The lowest BCUT2D eigenvalue weighted by molar-refractivity contribution is 0.0729. The summed E-state index contributed by atoms with van der Waals surface area (Å²) < 4.78 is 11.0. The van der Waals surface area contributed by atoms with Gasteiger partial charge in [0, 0.05) is 5.56 Å². The van der Waals surface area contributed by atoms with E-state index in [1.165, 1.54) is 13.2 Å². The van der Waals surface area contributed by atoms with Crippen molar-refractivity contribution < 1.29 is 19.1 Å². The Labute approximate surface area is 218 Å². The zero-order valence-electron chi connectivity index (χ0n) is 21.5. The van der Waals surface area contributed by atoms with Gasteiger partial charge in [0.15, 0.2) is 17.3 Å². The highest BCUT2D eigenvalue weighted by atomic mass is 16.6. The molecule has 0 radical (unpaired) electrons. The number of hydrogen-bond donors (Lipinski definition) is 0. The number of benzene rings is 4. The van der Waals surface area contributed by atoms with Crippen molar-refractivity contribution in [2.75, 3.05) is 7.11 Å². The van der Waals surface area contributed by atoms with Crippen molar-refractivity contribution in [3.05, 3.63) is 125 Å². The van der Waals surface area contributed by atoms with E-state index in [0.29, 0.717) is 22.6 Å². The number of carbonyl (C=O) groups excluding carboxylic acids is 2. The van der Waals surface area contributed by atoms with Crippen molar-refractivity contribution in [1.82, 2.24) is 0 Å². The molecule has 4 heteroatoms. The third-order valence-corrected chi connectivity index (χ3v) is 6.08. The molecule has 0 N–H and O–H groups in total. The van der Waals surface area contributed by atoms with E-state index >= 15 is 0 Å². The Morgan fingerprint density at radius 1 is 0.703 bits per heavy atom. The van der Waals surface area contributed by atoms with Crippen molar-refractivity contribution >= 4 is 17.8 Å². The van der Waals surface area contributed by atoms with Gasteiger partial charge in [-0.05, 0) is 58.0 Å². The van der Waals surface area contributed by atoms with Crippen LogP contribution in [0.5, 0.6) is 11.5 Å². The Balaban J connectivity index is 1.43. The maximum atomic E-state index is 12.7. The third kappa shape index (κ3) is 6.42. The van der Waals surface area contributed by atoms with Crippen molar-refractivity contribution in [3.8, 4) is 22.6 Å². The zero-order valence-corrected chi connectivity index (χ0v) is 21.5. The second-order valence-corrected chi connectivity index (χ2v) is 9.77. The van der Waals surface area contributed by atoms with Crippen LogP contribution < -0.4 is 9.47 Å². The number of ether oxygens (including phenoxy) is 2. The van der Waals surface area contributed by atoms with E-state index in [1.807, 2.05) is 66.7 Å². The second kappa shape index (κ2) is 11.1. The van der Waals surface area contributed by atoms with Gasteiger partial charge in [-0.25, -0.2) is 4.79 Å². The van der Waals surface area contributed by atoms with Gasteiger partial charge in [-0.3, -0.25) is 4.79 Å². The fourth-order valence-electron chi connectivity index (χ4n) is 3.86. The average molecular weight is 491 g/mol. The highest BCUT2D eigenvalue weighted by Crippen LogP contribution is 2.30. The van der Waals surface area contributed by atoms with Gasteiger partial charge in [0.25, 0.3) is 0 Å². The highest BCUT2D eigenvalue weighted by Gasteiger charge is 2.16. The molecule has 0 aliphatic rings. The SMILES string of the molecule is COc1cc(C=CC(=O)c2ccc(-c3ccccc3)cc2)ccc1OC(=O)c1ccc(C(C)(C)C)cc1. The summed E-state index contributed by atoms with van der Waals surface area (Å²) in [5, 5.41) is 0. The Bertz CT molecular complexity index is 1410. The molecule has 0 amide bonds. The Kier molecular flexibility index (Phi) is 7.69. The summed E-state index contributed by atoms with van der Waals surface area (Å²) in [5.41, 5.74) is 5.11. The van der Waals surface area contributed by atoms with Crippen LogP contribution in [0.25, 0.3) is 17.2 Å². The van der Waals surface area contributed by atoms with Crippen LogP contribution in [0, 0.1) is 0 Å². The largest absolute Gasteiger partial charge is 0.493 e. The lowest BCUT2D eigenvalue weighted by Crippen LogP contribution is -2.13. The molecule has 4 aromatic carbocycles. The van der Waals surface area contributed by atoms with Crippen LogP contribution in [0.3, 0.4) is 0 Å². The summed E-state index contributed by atoms with van der Waals surface area (Å²) in [4.78, 5) is 25.4. The summed E-state index contributed by atoms with van der Waals surface area (Å²) in [6.45, 7) is 6.36. The van der Waals surface area contributed by atoms with Gasteiger partial charge < -0.3 is 9.47 Å². The molecule has 4 aromatic rings. The maximum absolute atomic E-state index is 12.7. The summed E-state index contributed by atoms with van der Waals surface area (Å²) in [6, 6.07) is 30.1. The molecular formula is C33H30O4. The smallest absolute Gasteiger partial charge is 0.343 e. The molecule has 0 aliphatic carbocycles. The molecule has 0 saturated heterocycles. The fourth-order valence-corrected chi connectivity index (χ4v) is 3.86. The van der Waals surface area contributed by atoms with Gasteiger partial charge in [0.2, 0.25) is 0 Å². The quantitative estimate of drug-likeness (QED) is 0.115. The van der Waals surface area contributed by atoms with Gasteiger partial charge in [-0.15, -0.1) is 0 Å². The number of esters is 1. The van der Waals surface area contributed by atoms with Gasteiger partial charge >= 0.3 is 5.97 Å². The molecule has 0 unspecified atom stereocenters. The topological polar surface area (TPSA) is 52.6 Å². The summed E-state index contributed by atoms with van der Waals surface area (Å²) >= 11 is 0. The fraction of sp³-hybridized carbons (Fsp3) is 0.152. The van der Waals surface area contributed by atoms with E-state index in [0.717, 1.165) is 22.3 Å². The maximum Gasteiger partial charge on any atom is 0.343 e. The van der Waals surface area contributed by atoms with E-state index in [2.05, 4.69) is 20.8 Å². The molecule has 0 atom stereocenters. The lowest BCUT2D eigenvalue weighted by Gasteiger charge is -2.19. The number of ketones is 1. The Hall–Kier alpha value is -4.44. The van der Waals surface area contributed by atoms with Gasteiger partial charge in [-0.1, -0.05) is 99.6 Å². The first-order valence-corrected chi connectivity index (χ1v) is 12.1. The minimum Gasteiger partial charge on any atom is -0.493 e. The van der Waals surface area contributed by atoms with Gasteiger partial charge in [-0.2, -0.15) is 0 Å². The van der Waals surface area contributed by atoms with E-state index in [-0.39, 0.29) is 11.2 Å². The summed E-state index contributed by atoms with van der Waals surface area (Å²) in [6.07, 6.45) is 3.24. The van der Waals surface area contributed by atoms with Crippen LogP contribution in [0.4, 0.5) is 0 Å². The van der Waals surface area contributed by atoms with Gasteiger partial charge in [0.05, 0.1) is 12.7 Å². The molecule has 4 rings (SSSR count). The molecular weight excluding hydrogens is 460 g/mol. The highest BCUT2D eigenvalue weighted by molar-refractivity contribution is 6.07. The molecule has 0 saturated carbocycles. The van der Waals surface area contributed by atoms with Gasteiger partial charge in [0.1, 0.15) is 0 Å². The Morgan fingerprint density at radius 2 is 1.32 bits per heavy atom. The molecule has 0 bridgehead atoms. The predicted octanol–water partition coefficient (Wildman–Crippen LogP) is 7.78. The van der Waals surface area contributed by atoms with E-state index in [1.54, 1.807) is 36.4 Å². The number of methoxy groups -OCH3 is 1. The number of hydrogen-bond acceptors (Lipinski definition) is 4. The predicted molar refractivity (Wildman–Crippen MR) is 148 cm³/mol. The van der Waals surface area contributed by atoms with Crippen LogP contribution in [0.15, 0.2) is 103 Å². The van der Waals surface area contributed by atoms with Crippen LogP contribution in [-0.2, 0) is 5.41 Å². The summed E-state index contributed by atoms with van der Waals surface area (Å²) in [5.74, 6) is 0.151. The minimum absolute atomic E-state index is 0.00198. The molecule has 0 aliphatic heterocycles. The standard InChI is InChI=1S/C33H30O4/c1-33(2,3)28-18-16-27(17-19-28)32(35)37-30-21-11-23(22-31(30)36-4)10-20-29(34)26-14-12-25(13-15-26)24-8-6-5-7-9-24/h5-22H,1-4H3. The van der Waals surface area contributed by atoms with Crippen molar-refractivity contribution in [2.24, 2.45) is 0 Å². The lowest BCUT2D eigenvalue weighted by atomic mass is 9.87. The summed E-state index contributed by atoms with van der Waals surface area (Å²) in [7, 11) is 1.51. The molecule has 37 heavy (non-hydrogen) atoms. The van der Waals surface area contributed by atoms with Crippen LogP contribution >= 0.6 is 0 Å². The van der Waals surface area contributed by atoms with Crippen molar-refractivity contribution in [1.29, 1.82) is 0 Å². The Morgan fingerprint density at radius 3 is 1.95 bits per heavy atom. The van der Waals surface area contributed by atoms with Crippen LogP contribution in [0.2, 0.25) is 0 Å². The van der Waals surface area contributed by atoms with Crippen LogP contribution in [0.1, 0.15) is 52.6 Å². The third-order valence-electron chi connectivity index (χ3n) is 6.08. The molecule has 0 heterocycles. The average Bonchev–Trinajstić information content (AvgIpc) is 2.92. The molecule has 0 spiro atoms. The first-order valence-electron chi connectivity index (χ1n) is 12.1. The molecule has 0 fully saturated rings. The second-order valence-electron chi connectivity index (χ2n) is 9.77. The van der Waals surface area contributed by atoms with Crippen LogP contribution in [-0.4, -0.2) is 18.9 Å². The normalized spacial score (nSPS) is 11.4. The number of rotatable bonds is 7. The first-order chi connectivity index (χ1) is 17.7. The van der Waals surface area contributed by atoms with Crippen molar-refractivity contribution in [3.63, 3.8) is 0 Å². The minimum atomic E-state index is -0.462. The first kappa shape index (κ1) is 25.6. The molecule has 0 aromatic heterocycles. The molecule has 4 nitrogen and oxygen atoms in total. The van der Waals surface area contributed by atoms with E-state index in [9.17, 15) is 9.59 Å². The van der Waals surface area contributed by atoms with Crippen molar-refractivity contribution in [2.45, 2.75) is 26.2 Å².